The topological polar surface area (TPSA) is 49.4 Å². The summed E-state index contributed by atoms with van der Waals surface area (Å²) in [6.07, 6.45) is 5.25. The summed E-state index contributed by atoms with van der Waals surface area (Å²) < 4.78 is 0. The minimum absolute atomic E-state index is 0.0696. The smallest absolute Gasteiger partial charge is 0.264 e. The van der Waals surface area contributed by atoms with E-state index in [1.807, 2.05) is 48.5 Å². The molecule has 162 valence electrons. The van der Waals surface area contributed by atoms with Gasteiger partial charge in [-0.15, -0.1) is 0 Å². The van der Waals surface area contributed by atoms with Gasteiger partial charge in [-0.1, -0.05) is 62.2 Å². The number of hydrogen-bond donors (Lipinski definition) is 1. The van der Waals surface area contributed by atoms with Gasteiger partial charge in [-0.25, -0.2) is 0 Å². The van der Waals surface area contributed by atoms with E-state index in [0.717, 1.165) is 29.0 Å². The lowest BCUT2D eigenvalue weighted by molar-refractivity contribution is -0.114. The van der Waals surface area contributed by atoms with Crippen LogP contribution in [0.4, 0.5) is 5.69 Å². The third-order valence-corrected chi connectivity index (χ3v) is 7.80. The third-order valence-electron chi connectivity index (χ3n) is 6.49. The molecule has 1 heterocycles. The van der Waals surface area contributed by atoms with Crippen molar-refractivity contribution in [2.24, 2.45) is 11.8 Å². The summed E-state index contributed by atoms with van der Waals surface area (Å²) in [5, 5.41) is 3.85. The van der Waals surface area contributed by atoms with Crippen molar-refractivity contribution < 1.29 is 9.59 Å². The number of carbonyl (C=O) groups is 2. The van der Waals surface area contributed by atoms with Crippen molar-refractivity contribution >= 4 is 46.9 Å². The van der Waals surface area contributed by atoms with Gasteiger partial charge in [0.15, 0.2) is 0 Å². The third kappa shape index (κ3) is 4.68. The SMILES string of the molecule is C[C@@H]1[C@H](C)CCC[C@H]1NC(=O)c1ccc2c(c1)N(C)C(=O)/C(=C/c1cccc(Cl)c1)S2. The van der Waals surface area contributed by atoms with Crippen LogP contribution in [0.5, 0.6) is 0 Å². The molecule has 6 heteroatoms. The number of carbonyl (C=O) groups excluding carboxylic acids is 2. The zero-order chi connectivity index (χ0) is 22.1. The van der Waals surface area contributed by atoms with Gasteiger partial charge in [0.25, 0.3) is 11.8 Å². The first-order chi connectivity index (χ1) is 14.8. The summed E-state index contributed by atoms with van der Waals surface area (Å²) in [4.78, 5) is 29.1. The number of amides is 2. The standard InChI is InChI=1S/C25H27ClN2O2S/c1-15-6-4-9-20(16(15)2)27-24(29)18-10-11-22-21(14-18)28(3)25(30)23(31-22)13-17-7-5-8-19(26)12-17/h5,7-8,10-16,20H,4,6,9H2,1-3H3,(H,27,29)/b23-13-/t15-,16-,20-/m1/s1. The quantitative estimate of drug-likeness (QED) is 0.578. The van der Waals surface area contributed by atoms with Crippen LogP contribution in [0, 0.1) is 11.8 Å². The highest BCUT2D eigenvalue weighted by molar-refractivity contribution is 8.04. The molecule has 2 amide bonds. The number of rotatable bonds is 3. The maximum absolute atomic E-state index is 13.0. The second-order valence-corrected chi connectivity index (χ2v) is 10.1. The monoisotopic (exact) mass is 454 g/mol. The lowest BCUT2D eigenvalue weighted by Crippen LogP contribution is -2.43. The normalized spacial score (nSPS) is 24.8. The molecule has 0 unspecified atom stereocenters. The Morgan fingerprint density at radius 1 is 1.19 bits per heavy atom. The Bertz CT molecular complexity index is 1050. The van der Waals surface area contributed by atoms with Crippen LogP contribution in [0.1, 0.15) is 49.0 Å². The van der Waals surface area contributed by atoms with Gasteiger partial charge >= 0.3 is 0 Å². The number of thioether (sulfide) groups is 1. The molecule has 2 aliphatic rings. The van der Waals surface area contributed by atoms with Crippen LogP contribution in [-0.4, -0.2) is 24.9 Å². The molecule has 0 radical (unpaired) electrons. The zero-order valence-electron chi connectivity index (χ0n) is 18.0. The fourth-order valence-electron chi connectivity index (χ4n) is 4.32. The highest BCUT2D eigenvalue weighted by Gasteiger charge is 2.30. The number of nitrogens with zero attached hydrogens (tertiary/aromatic N) is 1. The van der Waals surface area contributed by atoms with Crippen LogP contribution in [0.2, 0.25) is 5.02 Å². The van der Waals surface area contributed by atoms with Crippen LogP contribution in [0.25, 0.3) is 6.08 Å². The summed E-state index contributed by atoms with van der Waals surface area (Å²) in [6, 6.07) is 13.2. The van der Waals surface area contributed by atoms with E-state index in [0.29, 0.717) is 27.3 Å². The molecule has 31 heavy (non-hydrogen) atoms. The van der Waals surface area contributed by atoms with E-state index < -0.39 is 0 Å². The molecule has 0 aromatic heterocycles. The molecule has 4 rings (SSSR count). The number of anilines is 1. The van der Waals surface area contributed by atoms with Gasteiger partial charge in [0.1, 0.15) is 0 Å². The van der Waals surface area contributed by atoms with Crippen LogP contribution in [0.3, 0.4) is 0 Å². The minimum atomic E-state index is -0.0928. The zero-order valence-corrected chi connectivity index (χ0v) is 19.6. The average Bonchev–Trinajstić information content (AvgIpc) is 2.75. The van der Waals surface area contributed by atoms with E-state index in [1.54, 1.807) is 11.9 Å². The first-order valence-electron chi connectivity index (χ1n) is 10.7. The molecule has 3 atom stereocenters. The molecule has 4 nitrogen and oxygen atoms in total. The van der Waals surface area contributed by atoms with E-state index in [-0.39, 0.29) is 17.9 Å². The molecular weight excluding hydrogens is 428 g/mol. The molecule has 1 N–H and O–H groups in total. The van der Waals surface area contributed by atoms with E-state index >= 15 is 0 Å². The molecule has 0 bridgehead atoms. The second-order valence-electron chi connectivity index (χ2n) is 8.56. The molecule has 1 aliphatic heterocycles. The Hall–Kier alpha value is -2.24. The van der Waals surface area contributed by atoms with Gasteiger partial charge in [0.05, 0.1) is 10.6 Å². The van der Waals surface area contributed by atoms with E-state index in [1.165, 1.54) is 18.2 Å². The summed E-state index contributed by atoms with van der Waals surface area (Å²) in [5.41, 5.74) is 2.23. The van der Waals surface area contributed by atoms with Gasteiger partial charge in [-0.2, -0.15) is 0 Å². The number of likely N-dealkylation sites (N-methyl/N-ethyl adjacent to an activating group) is 1. The van der Waals surface area contributed by atoms with Crippen molar-refractivity contribution in [3.63, 3.8) is 0 Å². The van der Waals surface area contributed by atoms with Gasteiger partial charge in [0, 0.05) is 28.6 Å². The predicted octanol–water partition coefficient (Wildman–Crippen LogP) is 6.00. The molecule has 1 saturated carbocycles. The summed E-state index contributed by atoms with van der Waals surface area (Å²) in [6.45, 7) is 4.48. The van der Waals surface area contributed by atoms with Crippen molar-refractivity contribution in [1.29, 1.82) is 0 Å². The van der Waals surface area contributed by atoms with Crippen molar-refractivity contribution in [2.75, 3.05) is 11.9 Å². The van der Waals surface area contributed by atoms with Gasteiger partial charge in [-0.3, -0.25) is 9.59 Å². The number of fused-ring (bicyclic) bond motifs is 1. The Labute approximate surface area is 193 Å². The minimum Gasteiger partial charge on any atom is -0.349 e. The molecule has 1 aliphatic carbocycles. The molecule has 2 aromatic carbocycles. The lowest BCUT2D eigenvalue weighted by Gasteiger charge is -2.34. The summed E-state index contributed by atoms with van der Waals surface area (Å²) in [7, 11) is 1.75. The fourth-order valence-corrected chi connectivity index (χ4v) is 5.61. The van der Waals surface area contributed by atoms with Crippen molar-refractivity contribution in [1.82, 2.24) is 5.32 Å². The van der Waals surface area contributed by atoms with Gasteiger partial charge in [0.2, 0.25) is 0 Å². The predicted molar refractivity (Wildman–Crippen MR) is 129 cm³/mol. The molecule has 0 saturated heterocycles. The van der Waals surface area contributed by atoms with Gasteiger partial charge < -0.3 is 10.2 Å². The van der Waals surface area contributed by atoms with Crippen LogP contribution in [0.15, 0.2) is 52.3 Å². The van der Waals surface area contributed by atoms with Crippen molar-refractivity contribution in [2.45, 2.75) is 44.0 Å². The Kier molecular flexibility index (Phi) is 6.44. The first-order valence-corrected chi connectivity index (χ1v) is 11.9. The lowest BCUT2D eigenvalue weighted by atomic mass is 9.78. The van der Waals surface area contributed by atoms with Crippen molar-refractivity contribution in [3.05, 3.63) is 63.5 Å². The number of hydrogen-bond acceptors (Lipinski definition) is 3. The fraction of sp³-hybridized carbons (Fsp3) is 0.360. The van der Waals surface area contributed by atoms with Crippen LogP contribution >= 0.6 is 23.4 Å². The summed E-state index contributed by atoms with van der Waals surface area (Å²) in [5.74, 6) is 0.923. The number of benzene rings is 2. The van der Waals surface area contributed by atoms with E-state index in [2.05, 4.69) is 19.2 Å². The summed E-state index contributed by atoms with van der Waals surface area (Å²) >= 11 is 7.49. The van der Waals surface area contributed by atoms with E-state index in [9.17, 15) is 9.59 Å². The maximum atomic E-state index is 13.0. The number of nitrogens with one attached hydrogen (secondary N) is 1. The molecule has 1 fully saturated rings. The molecular formula is C25H27ClN2O2S. The van der Waals surface area contributed by atoms with Crippen LogP contribution in [-0.2, 0) is 4.79 Å². The van der Waals surface area contributed by atoms with Gasteiger partial charge in [-0.05, 0) is 60.2 Å². The molecule has 2 aromatic rings. The Morgan fingerprint density at radius 2 is 2.00 bits per heavy atom. The van der Waals surface area contributed by atoms with Crippen molar-refractivity contribution in [3.8, 4) is 0 Å². The average molecular weight is 455 g/mol. The highest BCUT2D eigenvalue weighted by Crippen LogP contribution is 2.42. The van der Waals surface area contributed by atoms with E-state index in [4.69, 9.17) is 11.6 Å². The highest BCUT2D eigenvalue weighted by atomic mass is 35.5. The first kappa shape index (κ1) is 22.0. The molecule has 0 spiro atoms. The second kappa shape index (κ2) is 9.09. The van der Waals surface area contributed by atoms with Crippen LogP contribution < -0.4 is 10.2 Å². The number of halogens is 1. The Balaban J connectivity index is 1.55. The largest absolute Gasteiger partial charge is 0.349 e. The Morgan fingerprint density at radius 3 is 2.77 bits per heavy atom. The maximum Gasteiger partial charge on any atom is 0.264 e.